The minimum absolute atomic E-state index is 0.00810. The minimum Gasteiger partial charge on any atom is -0.370 e. The number of guanidine groups is 2. The second-order valence-corrected chi connectivity index (χ2v) is 28.7. The van der Waals surface area contributed by atoms with Crippen LogP contribution in [-0.4, -0.2) is 207 Å². The molecule has 0 radical (unpaired) electrons. The van der Waals surface area contributed by atoms with E-state index < -0.39 is 198 Å². The Labute approximate surface area is 698 Å². The van der Waals surface area contributed by atoms with Crippen molar-refractivity contribution in [2.75, 3.05) is 39.8 Å². The highest BCUT2D eigenvalue weighted by atomic mass is 16.2. The lowest BCUT2D eigenvalue weighted by molar-refractivity contribution is -0.140. The molecular formula is C79H90N26O19. The smallest absolute Gasteiger partial charge is 0.328 e. The van der Waals surface area contributed by atoms with Crippen molar-refractivity contribution < 1.29 is 52.7 Å². The van der Waals surface area contributed by atoms with Gasteiger partial charge in [-0.2, -0.15) is 0 Å². The lowest BCUT2D eigenvalue weighted by Crippen LogP contribution is -2.62. The number of nitrogens with one attached hydrogen (secondary N) is 17. The third-order valence-corrected chi connectivity index (χ3v) is 19.7. The van der Waals surface area contributed by atoms with Crippen molar-refractivity contribution in [3.63, 3.8) is 0 Å². The maximum Gasteiger partial charge on any atom is 0.328 e. The highest BCUT2D eigenvalue weighted by molar-refractivity contribution is 6.16. The number of pyridine rings is 1. The lowest BCUT2D eigenvalue weighted by atomic mass is 10.0. The number of aromatic amines is 4. The molecule has 45 nitrogen and oxygen atoms in total. The van der Waals surface area contributed by atoms with Crippen LogP contribution in [-0.2, 0) is 74.1 Å². The molecule has 650 valence electrons. The van der Waals surface area contributed by atoms with Gasteiger partial charge in [-0.05, 0) is 93.5 Å². The molecule has 5 heterocycles. The van der Waals surface area contributed by atoms with Gasteiger partial charge in [0.15, 0.2) is 11.9 Å². The number of H-pyrrole nitrogens is 4. The number of carbonyl (C=O) groups is 11. The summed E-state index contributed by atoms with van der Waals surface area (Å²) >= 11 is 0. The van der Waals surface area contributed by atoms with Gasteiger partial charge in [0.05, 0.1) is 88.6 Å². The van der Waals surface area contributed by atoms with Crippen LogP contribution in [0.15, 0.2) is 172 Å². The highest BCUT2D eigenvalue weighted by Crippen LogP contribution is 2.26. The Kier molecular flexibility index (Phi) is 30.3. The normalized spacial score (nSPS) is 12.9. The number of unbranched alkanes of at least 4 members (excludes halogenated alkanes) is 1. The Morgan fingerprint density at radius 3 is 1.27 bits per heavy atom. The van der Waals surface area contributed by atoms with Crippen LogP contribution >= 0.6 is 0 Å². The number of likely N-dealkylation sites (N-methyl/N-ethyl adjacent to an activating group) is 1. The van der Waals surface area contributed by atoms with Crippen LogP contribution in [0.5, 0.6) is 0 Å². The second kappa shape index (κ2) is 41.6. The molecule has 23 N–H and O–H groups in total. The molecule has 10 aromatic rings. The summed E-state index contributed by atoms with van der Waals surface area (Å²) in [5.74, 6) is -12.9. The molecule has 45 heteroatoms. The summed E-state index contributed by atoms with van der Waals surface area (Å²) in [4.78, 5) is 282. The monoisotopic (exact) mass is 1710 g/mol. The molecule has 5 aromatic carbocycles. The van der Waals surface area contributed by atoms with E-state index in [-0.39, 0.29) is 96.8 Å². The zero-order valence-corrected chi connectivity index (χ0v) is 66.7. The number of hydrogen-bond donors (Lipinski definition) is 20. The van der Waals surface area contributed by atoms with Gasteiger partial charge in [0, 0.05) is 56.6 Å². The summed E-state index contributed by atoms with van der Waals surface area (Å²) in [7, 11) is 1.00. The van der Waals surface area contributed by atoms with Crippen molar-refractivity contribution in [1.29, 1.82) is 10.8 Å². The number of hydrogen-bond acceptors (Lipinski definition) is 22. The average molecular weight is 1710 g/mol. The van der Waals surface area contributed by atoms with Crippen molar-refractivity contribution in [3.8, 4) is 0 Å². The predicted octanol–water partition coefficient (Wildman–Crippen LogP) is -6.05. The maximum absolute atomic E-state index is 15.4. The van der Waals surface area contributed by atoms with E-state index in [1.54, 1.807) is 48.5 Å². The summed E-state index contributed by atoms with van der Waals surface area (Å²) < 4.78 is 2.22. The Hall–Kier alpha value is -16.0. The van der Waals surface area contributed by atoms with Crippen LogP contribution in [0.1, 0.15) is 62.2 Å². The number of aromatic nitrogens is 9. The van der Waals surface area contributed by atoms with E-state index in [9.17, 15) is 81.5 Å². The zero-order chi connectivity index (χ0) is 89.6. The molecule has 11 amide bonds. The van der Waals surface area contributed by atoms with Gasteiger partial charge in [-0.3, -0.25) is 106 Å². The van der Waals surface area contributed by atoms with E-state index >= 15 is 9.59 Å². The van der Waals surface area contributed by atoms with E-state index in [1.165, 1.54) is 79.7 Å². The van der Waals surface area contributed by atoms with Crippen molar-refractivity contribution in [2.24, 2.45) is 17.2 Å². The molecule has 7 atom stereocenters. The van der Waals surface area contributed by atoms with E-state index in [0.717, 1.165) is 23.9 Å². The molecule has 5 aromatic heterocycles. The average Bonchev–Trinajstić information content (AvgIpc) is 0.767. The van der Waals surface area contributed by atoms with Gasteiger partial charge in [0.25, 0.3) is 28.1 Å². The first-order valence-corrected chi connectivity index (χ1v) is 38.8. The van der Waals surface area contributed by atoms with Crippen LogP contribution in [0, 0.1) is 10.8 Å². The molecule has 0 unspecified atom stereocenters. The number of rotatable bonds is 40. The summed E-state index contributed by atoms with van der Waals surface area (Å²) in [6.45, 7) is -4.93. The topological polar surface area (TPSA) is 681 Å². The molecule has 0 aliphatic rings. The van der Waals surface area contributed by atoms with Gasteiger partial charge in [-0.15, -0.1) is 0 Å². The van der Waals surface area contributed by atoms with E-state index in [4.69, 9.17) is 28.0 Å². The number of fused-ring (bicyclic) bond motifs is 5. The van der Waals surface area contributed by atoms with Gasteiger partial charge in [0.1, 0.15) is 42.3 Å². The second-order valence-electron chi connectivity index (χ2n) is 28.7. The fraction of sp³-hybridized carbons (Fsp3) is 0.316. The first kappa shape index (κ1) is 90.3. The third-order valence-electron chi connectivity index (χ3n) is 19.7. The van der Waals surface area contributed by atoms with Gasteiger partial charge >= 0.3 is 22.8 Å². The van der Waals surface area contributed by atoms with Gasteiger partial charge < -0.3 is 95.5 Å². The SMILES string of the molecule is CC(=O)N[C@@H](CCCCNC(=O)c1c2ccccc2nc2ccccc12)C(=O)NCC(=O)N[C@@H](CCCNC(=N)N)C(=O)N[C@H](Cn1ccc(=O)[nH]c1=O)C(=O)N(C)CC(=O)N[C@H](Cn1c(=O)[nH]c2ccccc2c1=O)C(=O)N[C@H](Cn1c(=O)[nH]c2ccccc2c1=O)C(=O)N[C@H](Cn1c(=O)[nH]c2ccccc2c1=O)C(=O)N[C@@H](CCCNC(=N)N)C(N)=O. The summed E-state index contributed by atoms with van der Waals surface area (Å²) in [5.41, 5.74) is 9.73. The summed E-state index contributed by atoms with van der Waals surface area (Å²) in [6, 6.07) is 19.0. The van der Waals surface area contributed by atoms with Gasteiger partial charge in [-0.25, -0.2) is 24.2 Å². The number of benzene rings is 5. The molecule has 0 saturated heterocycles. The number of amides is 11. The third kappa shape index (κ3) is 23.5. The number of nitrogens with zero attached hydrogens (tertiary/aromatic N) is 6. The molecule has 10 rings (SSSR count). The first-order chi connectivity index (χ1) is 59.2. The largest absolute Gasteiger partial charge is 0.370 e. The van der Waals surface area contributed by atoms with Crippen molar-refractivity contribution in [2.45, 2.75) is 120 Å². The fourth-order valence-corrected chi connectivity index (χ4v) is 13.6. The van der Waals surface area contributed by atoms with Crippen LogP contribution in [0.4, 0.5) is 0 Å². The molecule has 0 aliphatic heterocycles. The van der Waals surface area contributed by atoms with Crippen molar-refractivity contribution >= 4 is 131 Å². The van der Waals surface area contributed by atoms with Crippen LogP contribution in [0.3, 0.4) is 0 Å². The Balaban J connectivity index is 0.903. The zero-order valence-electron chi connectivity index (χ0n) is 66.7. The van der Waals surface area contributed by atoms with Gasteiger partial charge in [0.2, 0.25) is 59.1 Å². The molecule has 0 fully saturated rings. The Bertz CT molecular complexity index is 6290. The number of para-hydroxylation sites is 5. The molecular weight excluding hydrogens is 1620 g/mol. The maximum atomic E-state index is 15.4. The lowest BCUT2D eigenvalue weighted by Gasteiger charge is -2.28. The molecule has 124 heavy (non-hydrogen) atoms. The van der Waals surface area contributed by atoms with Crippen molar-refractivity contribution in [3.05, 3.63) is 223 Å². The molecule has 0 saturated carbocycles. The standard InChI is InChI=1S/C79H90N26O19/c1-41(106)89-53(27-13-14-31-85-69(116)62-42-17-3-8-22-47(42)90-48-23-9-4-18-43(48)62)64(111)88-35-60(108)91-54(29-16-33-87-75(83)84)65(112)96-58(36-102-34-30-59(107)100-76(102)121)73(120)101(2)40-61(109)92-55(37-103-70(117)44-19-5-10-24-49(44)97-77(103)122)66(113)94-57(39-105-72(119)46-21-7-12-26-51(46)99-79(105)124)68(115)95-56(67(114)93-52(63(80)110)28-15-32-86-74(81)82)38-104-71(118)45-20-6-11-25-50(45)98-78(104)123/h3-12,17-26,30,34,52-58H,13-16,27-29,31-33,35-40H2,1-2H3,(H2,80,110)(H,85,116)(H,88,111)(H,89,106)(H,91,108)(H,92,109)(H,93,114)(H,94,113)(H,95,115)(H,96,112)(H,97,122)(H,98,123)(H,99,124)(H4,81,82,86)(H4,83,84,87)(H,100,107,121)/t52-,53-,54-,55+,56+,57+,58+/m0/s1. The quantitative estimate of drug-likeness (QED) is 0.00736. The predicted molar refractivity (Wildman–Crippen MR) is 451 cm³/mol. The highest BCUT2D eigenvalue weighted by Gasteiger charge is 2.36. The van der Waals surface area contributed by atoms with E-state index in [0.29, 0.717) is 52.4 Å². The fourth-order valence-electron chi connectivity index (χ4n) is 13.6. The Morgan fingerprint density at radius 1 is 0.411 bits per heavy atom. The van der Waals surface area contributed by atoms with Crippen LogP contribution < -0.4 is 121 Å². The van der Waals surface area contributed by atoms with Crippen LogP contribution in [0.2, 0.25) is 0 Å². The number of primary amides is 1. The molecule has 0 bridgehead atoms. The van der Waals surface area contributed by atoms with Crippen molar-refractivity contribution in [1.82, 2.24) is 107 Å². The molecule has 0 spiro atoms. The number of nitrogens with two attached hydrogens (primary N) is 3. The molecule has 0 aliphatic carbocycles. The first-order valence-electron chi connectivity index (χ1n) is 38.8. The summed E-state index contributed by atoms with van der Waals surface area (Å²) in [6.07, 6.45) is 1.07. The van der Waals surface area contributed by atoms with E-state index in [2.05, 4.69) is 78.4 Å². The Morgan fingerprint density at radius 2 is 0.806 bits per heavy atom. The minimum atomic E-state index is -2.33. The van der Waals surface area contributed by atoms with E-state index in [1.807, 2.05) is 4.98 Å². The van der Waals surface area contributed by atoms with Crippen LogP contribution in [0.25, 0.3) is 54.5 Å². The number of carbonyl (C=O) groups excluding carboxylic acids is 11. The van der Waals surface area contributed by atoms with Gasteiger partial charge in [-0.1, -0.05) is 72.8 Å². The summed E-state index contributed by atoms with van der Waals surface area (Å²) in [5, 5.41) is 43.3.